The third-order valence-corrected chi connectivity index (χ3v) is 6.71. The Bertz CT molecular complexity index is 1560. The predicted octanol–water partition coefficient (Wildman–Crippen LogP) is 6.07. The predicted molar refractivity (Wildman–Crippen MR) is 124 cm³/mol. The van der Waals surface area contributed by atoms with E-state index < -0.39 is 23.5 Å². The lowest BCUT2D eigenvalue weighted by Gasteiger charge is -2.21. The Morgan fingerprint density at radius 1 is 1.12 bits per heavy atom. The van der Waals surface area contributed by atoms with E-state index in [9.17, 15) is 14.7 Å². The molecule has 33 heavy (non-hydrogen) atoms. The Morgan fingerprint density at radius 3 is 2.76 bits per heavy atom. The number of thiazole rings is 1. The molecule has 0 spiro atoms. The smallest absolute Gasteiger partial charge is 0.296 e. The van der Waals surface area contributed by atoms with E-state index in [2.05, 4.69) is 4.98 Å². The van der Waals surface area contributed by atoms with Crippen molar-refractivity contribution < 1.29 is 23.5 Å². The number of ketones is 1. The van der Waals surface area contributed by atoms with E-state index in [0.717, 1.165) is 10.1 Å². The van der Waals surface area contributed by atoms with Gasteiger partial charge in [0.05, 0.1) is 22.1 Å². The second kappa shape index (κ2) is 7.33. The SMILES string of the molecule is O=C(C1=C(O)C(=O)N(c2nc3ccc(Cl)cc3s2)C1c1ccco1)c1cc2ccccc2o1. The molecule has 5 aromatic rings. The first-order valence-corrected chi connectivity index (χ1v) is 11.1. The number of amides is 1. The maximum Gasteiger partial charge on any atom is 0.296 e. The number of anilines is 1. The molecule has 7 nitrogen and oxygen atoms in total. The van der Waals surface area contributed by atoms with Crippen molar-refractivity contribution in [3.05, 3.63) is 94.8 Å². The molecule has 162 valence electrons. The first-order chi connectivity index (χ1) is 16.0. The molecule has 0 bridgehead atoms. The number of nitrogens with zero attached hydrogens (tertiary/aromatic N) is 2. The summed E-state index contributed by atoms with van der Waals surface area (Å²) in [5.74, 6) is -1.70. The molecule has 0 aliphatic carbocycles. The average molecular weight is 477 g/mol. The molecule has 1 amide bonds. The third kappa shape index (κ3) is 3.06. The van der Waals surface area contributed by atoms with Crippen molar-refractivity contribution >= 4 is 60.9 Å². The molecular weight excluding hydrogens is 464 g/mol. The summed E-state index contributed by atoms with van der Waals surface area (Å²) in [4.78, 5) is 32.5. The van der Waals surface area contributed by atoms with Gasteiger partial charge in [0.15, 0.2) is 16.7 Å². The first-order valence-electron chi connectivity index (χ1n) is 9.91. The zero-order chi connectivity index (χ0) is 22.7. The summed E-state index contributed by atoms with van der Waals surface area (Å²) >= 11 is 7.32. The van der Waals surface area contributed by atoms with Crippen LogP contribution in [0.15, 0.2) is 87.1 Å². The summed E-state index contributed by atoms with van der Waals surface area (Å²) in [6.07, 6.45) is 1.44. The standard InChI is InChI=1S/C24H13ClN2O5S/c25-13-7-8-14-18(11-13)33-24(26-14)27-20(16-6-3-9-31-16)19(22(29)23(27)30)21(28)17-10-12-4-1-2-5-15(12)32-17/h1-11,20,29H. The van der Waals surface area contributed by atoms with Crippen LogP contribution in [0.25, 0.3) is 21.2 Å². The second-order valence-corrected chi connectivity index (χ2v) is 8.89. The lowest BCUT2D eigenvalue weighted by atomic mass is 10.00. The van der Waals surface area contributed by atoms with Gasteiger partial charge in [0.1, 0.15) is 17.4 Å². The molecule has 1 N–H and O–H groups in total. The van der Waals surface area contributed by atoms with Crippen LogP contribution in [0.5, 0.6) is 0 Å². The zero-order valence-corrected chi connectivity index (χ0v) is 18.3. The quantitative estimate of drug-likeness (QED) is 0.316. The summed E-state index contributed by atoms with van der Waals surface area (Å²) in [6.45, 7) is 0. The molecule has 4 heterocycles. The number of Topliss-reactive ketones (excluding diaryl/α,β-unsaturated/α-hetero) is 1. The highest BCUT2D eigenvalue weighted by Gasteiger charge is 2.48. The number of hydrogen-bond acceptors (Lipinski definition) is 7. The van der Waals surface area contributed by atoms with Gasteiger partial charge in [-0.05, 0) is 42.5 Å². The van der Waals surface area contributed by atoms with E-state index in [1.807, 2.05) is 12.1 Å². The Balaban J connectivity index is 1.49. The summed E-state index contributed by atoms with van der Waals surface area (Å²) < 4.78 is 12.0. The summed E-state index contributed by atoms with van der Waals surface area (Å²) in [7, 11) is 0. The van der Waals surface area contributed by atoms with E-state index in [4.69, 9.17) is 20.4 Å². The van der Waals surface area contributed by atoms with Crippen LogP contribution in [0.1, 0.15) is 22.4 Å². The Hall–Kier alpha value is -3.88. The van der Waals surface area contributed by atoms with Crippen molar-refractivity contribution in [1.29, 1.82) is 0 Å². The minimum Gasteiger partial charge on any atom is -0.503 e. The van der Waals surface area contributed by atoms with Gasteiger partial charge in [-0.3, -0.25) is 14.5 Å². The summed E-state index contributed by atoms with van der Waals surface area (Å²) in [6, 6.07) is 16.2. The second-order valence-electron chi connectivity index (χ2n) is 7.44. The number of aliphatic hydroxyl groups is 1. The zero-order valence-electron chi connectivity index (χ0n) is 16.7. The number of fused-ring (bicyclic) bond motifs is 2. The van der Waals surface area contributed by atoms with Crippen LogP contribution in [-0.4, -0.2) is 21.8 Å². The normalized spacial score (nSPS) is 16.5. The third-order valence-electron chi connectivity index (χ3n) is 5.46. The van der Waals surface area contributed by atoms with Crippen molar-refractivity contribution in [3.8, 4) is 0 Å². The van der Waals surface area contributed by atoms with Gasteiger partial charge in [-0.2, -0.15) is 0 Å². The summed E-state index contributed by atoms with van der Waals surface area (Å²) in [5, 5.41) is 12.4. The minimum absolute atomic E-state index is 0.0139. The van der Waals surface area contributed by atoms with E-state index >= 15 is 0 Å². The number of carbonyl (C=O) groups is 2. The van der Waals surface area contributed by atoms with Crippen LogP contribution in [-0.2, 0) is 4.79 Å². The van der Waals surface area contributed by atoms with E-state index in [1.165, 1.54) is 22.5 Å². The first kappa shape index (κ1) is 19.8. The molecule has 1 aliphatic rings. The molecule has 1 atom stereocenters. The van der Waals surface area contributed by atoms with Crippen molar-refractivity contribution in [2.45, 2.75) is 6.04 Å². The highest BCUT2D eigenvalue weighted by atomic mass is 35.5. The van der Waals surface area contributed by atoms with E-state index in [0.29, 0.717) is 27.0 Å². The number of benzene rings is 2. The Morgan fingerprint density at radius 2 is 1.97 bits per heavy atom. The van der Waals surface area contributed by atoms with Gasteiger partial charge in [0.25, 0.3) is 5.91 Å². The maximum atomic E-state index is 13.5. The molecule has 6 rings (SSSR count). The fraction of sp³-hybridized carbons (Fsp3) is 0.0417. The van der Waals surface area contributed by atoms with Gasteiger partial charge in [-0.1, -0.05) is 41.1 Å². The highest BCUT2D eigenvalue weighted by molar-refractivity contribution is 7.22. The molecule has 2 aromatic carbocycles. The molecule has 3 aromatic heterocycles. The average Bonchev–Trinajstić information content (AvgIpc) is 3.59. The van der Waals surface area contributed by atoms with Gasteiger partial charge >= 0.3 is 0 Å². The van der Waals surface area contributed by atoms with Crippen molar-refractivity contribution in [2.75, 3.05) is 4.90 Å². The Kier molecular flexibility index (Phi) is 4.39. The fourth-order valence-corrected chi connectivity index (χ4v) is 5.23. The van der Waals surface area contributed by atoms with Crippen molar-refractivity contribution in [3.63, 3.8) is 0 Å². The van der Waals surface area contributed by atoms with Crippen LogP contribution in [0.3, 0.4) is 0 Å². The molecule has 9 heteroatoms. The van der Waals surface area contributed by atoms with Gasteiger partial charge in [-0.25, -0.2) is 4.98 Å². The molecule has 0 saturated carbocycles. The number of halogens is 1. The lowest BCUT2D eigenvalue weighted by molar-refractivity contribution is -0.117. The van der Waals surface area contributed by atoms with Gasteiger partial charge in [0, 0.05) is 10.4 Å². The summed E-state index contributed by atoms with van der Waals surface area (Å²) in [5.41, 5.74) is 1.04. The number of carbonyl (C=O) groups excluding carboxylic acids is 2. The number of hydrogen-bond donors (Lipinski definition) is 1. The number of aromatic nitrogens is 1. The van der Waals surface area contributed by atoms with Crippen LogP contribution in [0.2, 0.25) is 5.02 Å². The number of aliphatic hydroxyl groups excluding tert-OH is 1. The molecule has 0 fully saturated rings. The van der Waals surface area contributed by atoms with Crippen LogP contribution < -0.4 is 4.90 Å². The fourth-order valence-electron chi connectivity index (χ4n) is 3.97. The lowest BCUT2D eigenvalue weighted by Crippen LogP contribution is -2.30. The van der Waals surface area contributed by atoms with Gasteiger partial charge in [0.2, 0.25) is 5.78 Å². The molecule has 0 radical (unpaired) electrons. The van der Waals surface area contributed by atoms with Crippen LogP contribution in [0, 0.1) is 0 Å². The van der Waals surface area contributed by atoms with Gasteiger partial charge < -0.3 is 13.9 Å². The molecule has 0 saturated heterocycles. The monoisotopic (exact) mass is 476 g/mol. The minimum atomic E-state index is -1.01. The number of furan rings is 2. The van der Waals surface area contributed by atoms with E-state index in [-0.39, 0.29) is 11.3 Å². The molecular formula is C24H13ClN2O5S. The molecule has 1 aliphatic heterocycles. The number of rotatable bonds is 4. The number of para-hydroxylation sites is 1. The topological polar surface area (TPSA) is 96.8 Å². The van der Waals surface area contributed by atoms with Crippen LogP contribution >= 0.6 is 22.9 Å². The Labute approximate surface area is 195 Å². The van der Waals surface area contributed by atoms with Crippen molar-refractivity contribution in [1.82, 2.24) is 4.98 Å². The highest BCUT2D eigenvalue weighted by Crippen LogP contribution is 2.44. The van der Waals surface area contributed by atoms with E-state index in [1.54, 1.807) is 48.5 Å². The van der Waals surface area contributed by atoms with Crippen molar-refractivity contribution in [2.24, 2.45) is 0 Å². The van der Waals surface area contributed by atoms with Gasteiger partial charge in [-0.15, -0.1) is 0 Å². The molecule has 1 unspecified atom stereocenters. The maximum absolute atomic E-state index is 13.5. The largest absolute Gasteiger partial charge is 0.503 e. The van der Waals surface area contributed by atoms with Crippen LogP contribution in [0.4, 0.5) is 5.13 Å².